The van der Waals surface area contributed by atoms with E-state index in [1.807, 2.05) is 0 Å². The van der Waals surface area contributed by atoms with Gasteiger partial charge in [-0.3, -0.25) is 4.98 Å². The molecule has 1 saturated heterocycles. The van der Waals surface area contributed by atoms with Crippen molar-refractivity contribution in [3.63, 3.8) is 0 Å². The largest absolute Gasteiger partial charge is 0.480 e. The van der Waals surface area contributed by atoms with Gasteiger partial charge < -0.3 is 20.1 Å². The van der Waals surface area contributed by atoms with Crippen molar-refractivity contribution in [2.45, 2.75) is 25.5 Å². The molecule has 0 aromatic carbocycles. The number of aromatic nitrogens is 1. The summed E-state index contributed by atoms with van der Waals surface area (Å²) in [5.74, 6) is -0.963. The number of carbonyl (C=O) groups is 2. The maximum Gasteiger partial charge on any atom is 0.329 e. The van der Waals surface area contributed by atoms with Crippen molar-refractivity contribution in [1.82, 2.24) is 15.2 Å². The molecule has 0 saturated carbocycles. The van der Waals surface area contributed by atoms with Crippen LogP contribution in [0.15, 0.2) is 11.7 Å². The minimum Gasteiger partial charge on any atom is -0.480 e. The van der Waals surface area contributed by atoms with Crippen molar-refractivity contribution in [2.75, 3.05) is 19.7 Å². The number of likely N-dealkylation sites (tertiary alicyclic amines) is 1. The Hall–Kier alpha value is -1.67. The van der Waals surface area contributed by atoms with Crippen molar-refractivity contribution in [1.29, 1.82) is 0 Å². The van der Waals surface area contributed by atoms with E-state index in [2.05, 4.69) is 10.3 Å². The molecule has 0 unspecified atom stereocenters. The number of hydrogen-bond acceptors (Lipinski definition) is 5. The summed E-state index contributed by atoms with van der Waals surface area (Å²) < 4.78 is 5.23. The van der Waals surface area contributed by atoms with Gasteiger partial charge >= 0.3 is 12.0 Å². The summed E-state index contributed by atoms with van der Waals surface area (Å²) in [6.45, 7) is 1.37. The molecule has 1 aromatic heterocycles. The van der Waals surface area contributed by atoms with Crippen LogP contribution in [-0.4, -0.2) is 52.8 Å². The predicted octanol–water partition coefficient (Wildman–Crippen LogP) is 0.918. The fourth-order valence-corrected chi connectivity index (χ4v) is 2.55. The monoisotopic (exact) mass is 299 g/mol. The summed E-state index contributed by atoms with van der Waals surface area (Å²) in [6.07, 6.45) is 3.00. The molecule has 0 atom stereocenters. The number of rotatable bonds is 5. The standard InChI is InChI=1S/C12H17N3O4S/c16-11(17)7-19-9-1-3-15(4-2-9)12(18)14-6-10-5-13-8-20-10/h5,8-9H,1-4,6-7H2,(H,14,18)(H,16,17). The molecule has 20 heavy (non-hydrogen) atoms. The molecule has 0 radical (unpaired) electrons. The molecule has 7 nitrogen and oxygen atoms in total. The first-order valence-electron chi connectivity index (χ1n) is 6.38. The van der Waals surface area contributed by atoms with Crippen molar-refractivity contribution in [3.8, 4) is 0 Å². The molecule has 2 amide bonds. The van der Waals surface area contributed by atoms with E-state index >= 15 is 0 Å². The minimum absolute atomic E-state index is 0.0726. The second-order valence-corrected chi connectivity index (χ2v) is 5.49. The van der Waals surface area contributed by atoms with E-state index in [-0.39, 0.29) is 18.7 Å². The lowest BCUT2D eigenvalue weighted by atomic mass is 10.1. The highest BCUT2D eigenvalue weighted by Gasteiger charge is 2.23. The maximum atomic E-state index is 11.9. The number of urea groups is 1. The van der Waals surface area contributed by atoms with Gasteiger partial charge in [0.05, 0.1) is 18.2 Å². The van der Waals surface area contributed by atoms with Crippen molar-refractivity contribution in [3.05, 3.63) is 16.6 Å². The molecule has 1 fully saturated rings. The second kappa shape index (κ2) is 7.20. The topological polar surface area (TPSA) is 91.8 Å². The van der Waals surface area contributed by atoms with E-state index in [9.17, 15) is 9.59 Å². The van der Waals surface area contributed by atoms with Crippen LogP contribution in [0.25, 0.3) is 0 Å². The highest BCUT2D eigenvalue weighted by atomic mass is 32.1. The molecule has 0 spiro atoms. The molecule has 2 N–H and O–H groups in total. The van der Waals surface area contributed by atoms with Crippen LogP contribution in [0.4, 0.5) is 4.79 Å². The number of nitrogens with one attached hydrogen (secondary N) is 1. The zero-order valence-electron chi connectivity index (χ0n) is 10.9. The van der Waals surface area contributed by atoms with Gasteiger partial charge in [0.2, 0.25) is 0 Å². The Kier molecular flexibility index (Phi) is 5.31. The van der Waals surface area contributed by atoms with Crippen LogP contribution in [0, 0.1) is 0 Å². The smallest absolute Gasteiger partial charge is 0.329 e. The van der Waals surface area contributed by atoms with E-state index < -0.39 is 5.97 Å². The lowest BCUT2D eigenvalue weighted by Crippen LogP contribution is -2.45. The zero-order chi connectivity index (χ0) is 14.4. The van der Waals surface area contributed by atoms with Gasteiger partial charge in [0.25, 0.3) is 0 Å². The Labute approximate surface area is 120 Å². The van der Waals surface area contributed by atoms with Crippen molar-refractivity contribution < 1.29 is 19.4 Å². The molecule has 2 rings (SSSR count). The number of ether oxygens (including phenoxy) is 1. The molecule has 0 bridgehead atoms. The molecular weight excluding hydrogens is 282 g/mol. The van der Waals surface area contributed by atoms with Crippen LogP contribution in [0.1, 0.15) is 17.7 Å². The third-order valence-electron chi connectivity index (χ3n) is 3.07. The summed E-state index contributed by atoms with van der Waals surface area (Å²) in [5, 5.41) is 11.4. The molecule has 2 heterocycles. The summed E-state index contributed by atoms with van der Waals surface area (Å²) >= 11 is 1.50. The molecule has 1 aliphatic rings. The van der Waals surface area contributed by atoms with Gasteiger partial charge in [-0.25, -0.2) is 9.59 Å². The van der Waals surface area contributed by atoms with Gasteiger partial charge in [0.15, 0.2) is 0 Å². The molecule has 0 aliphatic carbocycles. The van der Waals surface area contributed by atoms with Crippen LogP contribution in [0.2, 0.25) is 0 Å². The first kappa shape index (κ1) is 14.7. The number of carboxylic acid groups (broad SMARTS) is 1. The molecule has 1 aliphatic heterocycles. The number of hydrogen-bond donors (Lipinski definition) is 2. The van der Waals surface area contributed by atoms with Gasteiger partial charge in [-0.05, 0) is 12.8 Å². The maximum absolute atomic E-state index is 11.9. The SMILES string of the molecule is O=C(O)COC1CCN(C(=O)NCc2cncs2)CC1. The molecular formula is C12H17N3O4S. The van der Waals surface area contributed by atoms with Gasteiger partial charge in [0, 0.05) is 24.2 Å². The number of aliphatic carboxylic acids is 1. The van der Waals surface area contributed by atoms with E-state index in [4.69, 9.17) is 9.84 Å². The van der Waals surface area contributed by atoms with Crippen LogP contribution in [-0.2, 0) is 16.1 Å². The first-order valence-corrected chi connectivity index (χ1v) is 7.26. The van der Waals surface area contributed by atoms with Gasteiger partial charge in [0.1, 0.15) is 6.61 Å². The summed E-state index contributed by atoms with van der Waals surface area (Å²) in [4.78, 5) is 29.0. The van der Waals surface area contributed by atoms with Gasteiger partial charge in [-0.15, -0.1) is 11.3 Å². The van der Waals surface area contributed by atoms with Crippen LogP contribution in [0.3, 0.4) is 0 Å². The molecule has 1 aromatic rings. The number of carbonyl (C=O) groups excluding carboxylic acids is 1. The Morgan fingerprint density at radius 1 is 1.50 bits per heavy atom. The normalized spacial score (nSPS) is 16.1. The summed E-state index contributed by atoms with van der Waals surface area (Å²) in [5.41, 5.74) is 1.73. The lowest BCUT2D eigenvalue weighted by Gasteiger charge is -2.31. The Morgan fingerprint density at radius 3 is 2.85 bits per heavy atom. The van der Waals surface area contributed by atoms with E-state index in [1.54, 1.807) is 16.6 Å². The third kappa shape index (κ3) is 4.46. The lowest BCUT2D eigenvalue weighted by molar-refractivity contribution is -0.145. The van der Waals surface area contributed by atoms with E-state index in [1.165, 1.54) is 11.3 Å². The Balaban J connectivity index is 1.67. The fraction of sp³-hybridized carbons (Fsp3) is 0.583. The Morgan fingerprint density at radius 2 is 2.25 bits per heavy atom. The van der Waals surface area contributed by atoms with Crippen molar-refractivity contribution in [2.24, 2.45) is 0 Å². The number of piperidine rings is 1. The minimum atomic E-state index is -0.963. The predicted molar refractivity (Wildman–Crippen MR) is 72.5 cm³/mol. The van der Waals surface area contributed by atoms with Crippen molar-refractivity contribution >= 4 is 23.3 Å². The highest BCUT2D eigenvalue weighted by molar-refractivity contribution is 7.09. The van der Waals surface area contributed by atoms with Gasteiger partial charge in [-0.2, -0.15) is 0 Å². The quantitative estimate of drug-likeness (QED) is 0.843. The van der Waals surface area contributed by atoms with Crippen LogP contribution in [0.5, 0.6) is 0 Å². The van der Waals surface area contributed by atoms with Crippen LogP contribution >= 0.6 is 11.3 Å². The number of thiazole rings is 1. The van der Waals surface area contributed by atoms with Gasteiger partial charge in [-0.1, -0.05) is 0 Å². The second-order valence-electron chi connectivity index (χ2n) is 4.52. The number of carboxylic acids is 1. The first-order chi connectivity index (χ1) is 9.65. The fourth-order valence-electron chi connectivity index (χ4n) is 2.02. The van der Waals surface area contributed by atoms with Crippen LogP contribution < -0.4 is 5.32 Å². The Bertz CT molecular complexity index is 444. The summed E-state index contributed by atoms with van der Waals surface area (Å²) in [6, 6.07) is -0.102. The van der Waals surface area contributed by atoms with E-state index in [0.29, 0.717) is 32.5 Å². The zero-order valence-corrected chi connectivity index (χ0v) is 11.8. The van der Waals surface area contributed by atoms with E-state index in [0.717, 1.165) is 4.88 Å². The highest BCUT2D eigenvalue weighted by Crippen LogP contribution is 2.14. The molecule has 110 valence electrons. The number of amides is 2. The third-order valence-corrected chi connectivity index (χ3v) is 3.85. The average Bonchev–Trinajstić information content (AvgIpc) is 2.96. The number of nitrogens with zero attached hydrogens (tertiary/aromatic N) is 2. The molecule has 8 heteroatoms. The average molecular weight is 299 g/mol. The summed E-state index contributed by atoms with van der Waals surface area (Å²) in [7, 11) is 0.